The number of aromatic nitrogens is 9. The van der Waals surface area contributed by atoms with Gasteiger partial charge in [-0.3, -0.25) is 43.0 Å². The summed E-state index contributed by atoms with van der Waals surface area (Å²) in [7, 11) is 3.14. The number of phenolic OH excluding ortho intramolecular Hbond substituents is 3. The highest BCUT2D eigenvalue weighted by Gasteiger charge is 2.26. The van der Waals surface area contributed by atoms with Gasteiger partial charge in [0.05, 0.1) is 82.6 Å². The SMILES string of the molecule is CCc1cccc(/C=C/c2nc3cnccc3c(=O)n2-c2c(C)cccc2OC)c1O.CCc1cccc(/C=C/c2nc3cnccc3c(=O)n2-c2ccccc2OC)c1O.Cc1cccc(C)c1-n1c(/C=C/c2cccc(OC(C)(F)F)c2O)nc2cnccc2c1=O. The lowest BCUT2D eigenvalue weighted by atomic mass is 10.1. The number of aryl methyl sites for hydroxylation is 5. The Morgan fingerprint density at radius 2 is 0.819 bits per heavy atom. The number of phenols is 3. The molecule has 20 heteroatoms. The van der Waals surface area contributed by atoms with Gasteiger partial charge < -0.3 is 29.5 Å². The molecule has 0 unspecified atom stereocenters. The minimum atomic E-state index is -3.45. The largest absolute Gasteiger partial charge is 0.507 e. The fourth-order valence-corrected chi connectivity index (χ4v) is 10.7. The Kier molecular flexibility index (Phi) is 19.7. The summed E-state index contributed by atoms with van der Waals surface area (Å²) in [5, 5.41) is 32.8. The van der Waals surface area contributed by atoms with Gasteiger partial charge in [-0.15, -0.1) is 0 Å². The molecule has 12 rings (SSSR count). The van der Waals surface area contributed by atoms with Crippen molar-refractivity contribution in [1.29, 1.82) is 0 Å². The summed E-state index contributed by atoms with van der Waals surface area (Å²) in [6.45, 7) is 10.3. The van der Waals surface area contributed by atoms with Crippen LogP contribution < -0.4 is 30.9 Å². The standard InChI is InChI=1S/C25H21F2N3O3.C25H23N3O3.C24H21N3O3/c1-15-6-4-7-16(2)22(15)30-21(29-19-14-28-13-12-18(19)24(30)32)11-10-17-8-5-9-20(23(17)31)33-25(3,26)27;1-4-17-8-6-9-18(24(17)29)11-12-22-27-20-15-26-14-13-19(20)25(30)28(22)23-16(2)7-5-10-21(23)31-3;1-3-16-7-6-8-17(23(16)28)11-12-22-26-19-15-25-14-13-18(19)24(29)27(22)20-9-4-5-10-21(20)30-2/h4-14,31H,1-3H3;5-15,29H,4H2,1-3H3;4-15,28H,3H2,1-2H3/b11-10+;2*12-11+. The Labute approximate surface area is 538 Å². The summed E-state index contributed by atoms with van der Waals surface area (Å²) in [4.78, 5) is 66.5. The third-order valence-electron chi connectivity index (χ3n) is 15.3. The molecule has 6 aromatic heterocycles. The molecular formula is C74H65F2N9O9. The van der Waals surface area contributed by atoms with Crippen LogP contribution in [-0.2, 0) is 12.8 Å². The van der Waals surface area contributed by atoms with Crippen LogP contribution in [0.4, 0.5) is 8.78 Å². The highest BCUT2D eigenvalue weighted by Crippen LogP contribution is 2.36. The fraction of sp³-hybridized carbons (Fsp3) is 0.149. The van der Waals surface area contributed by atoms with Gasteiger partial charge in [0, 0.05) is 42.2 Å². The van der Waals surface area contributed by atoms with E-state index in [4.69, 9.17) is 14.5 Å². The number of fused-ring (bicyclic) bond motifs is 3. The van der Waals surface area contributed by atoms with E-state index < -0.39 is 11.9 Å². The van der Waals surface area contributed by atoms with E-state index in [1.807, 2.05) is 120 Å². The van der Waals surface area contributed by atoms with E-state index in [0.29, 0.717) is 96.8 Å². The molecule has 94 heavy (non-hydrogen) atoms. The van der Waals surface area contributed by atoms with Crippen molar-refractivity contribution in [3.05, 3.63) is 264 Å². The number of aromatic hydroxyl groups is 3. The molecule has 0 fully saturated rings. The molecular weight excluding hydrogens is 1200 g/mol. The lowest BCUT2D eigenvalue weighted by Gasteiger charge is -2.16. The molecule has 474 valence electrons. The first-order valence-electron chi connectivity index (χ1n) is 29.8. The number of pyridine rings is 3. The molecule has 0 atom stereocenters. The second kappa shape index (κ2) is 28.5. The molecule has 3 N–H and O–H groups in total. The van der Waals surface area contributed by atoms with E-state index in [1.54, 1.807) is 104 Å². The van der Waals surface area contributed by atoms with E-state index in [9.17, 15) is 38.5 Å². The van der Waals surface area contributed by atoms with Gasteiger partial charge >= 0.3 is 6.11 Å². The van der Waals surface area contributed by atoms with Crippen molar-refractivity contribution in [3.8, 4) is 51.6 Å². The maximum absolute atomic E-state index is 13.5. The van der Waals surface area contributed by atoms with Crippen molar-refractivity contribution in [3.63, 3.8) is 0 Å². The Bertz CT molecular complexity index is 5090. The van der Waals surface area contributed by atoms with Crippen LogP contribution >= 0.6 is 0 Å². The van der Waals surface area contributed by atoms with Gasteiger partial charge in [0.25, 0.3) is 16.7 Å². The minimum absolute atomic E-state index is 0.216. The third-order valence-corrected chi connectivity index (χ3v) is 15.3. The van der Waals surface area contributed by atoms with Crippen LogP contribution in [0.2, 0.25) is 0 Å². The molecule has 18 nitrogen and oxygen atoms in total. The molecule has 0 aliphatic rings. The van der Waals surface area contributed by atoms with Gasteiger partial charge in [0.15, 0.2) is 11.5 Å². The molecule has 0 spiro atoms. The molecule has 0 amide bonds. The van der Waals surface area contributed by atoms with Crippen molar-refractivity contribution in [2.75, 3.05) is 14.2 Å². The second-order valence-electron chi connectivity index (χ2n) is 21.6. The van der Waals surface area contributed by atoms with Crippen molar-refractivity contribution in [1.82, 2.24) is 43.6 Å². The van der Waals surface area contributed by atoms with Crippen LogP contribution in [0, 0.1) is 20.8 Å². The number of nitrogens with zero attached hydrogens (tertiary/aromatic N) is 9. The predicted molar refractivity (Wildman–Crippen MR) is 364 cm³/mol. The Morgan fingerprint density at radius 1 is 0.447 bits per heavy atom. The number of ether oxygens (including phenoxy) is 3. The summed E-state index contributed by atoms with van der Waals surface area (Å²) < 4.78 is 46.7. The van der Waals surface area contributed by atoms with Crippen molar-refractivity contribution < 1.29 is 38.3 Å². The molecule has 0 bridgehead atoms. The summed E-state index contributed by atoms with van der Waals surface area (Å²) >= 11 is 0. The number of rotatable bonds is 15. The summed E-state index contributed by atoms with van der Waals surface area (Å²) in [5.41, 5.74) is 8.50. The predicted octanol–water partition coefficient (Wildman–Crippen LogP) is 14.0. The third kappa shape index (κ3) is 13.9. The summed E-state index contributed by atoms with van der Waals surface area (Å²) in [6, 6.07) is 39.0. The Balaban J connectivity index is 0.000000154. The molecule has 0 aliphatic heterocycles. The molecule has 6 heterocycles. The van der Waals surface area contributed by atoms with E-state index in [0.717, 1.165) is 40.7 Å². The van der Waals surface area contributed by atoms with Crippen molar-refractivity contribution >= 4 is 69.2 Å². The molecule has 0 radical (unpaired) electrons. The first-order chi connectivity index (χ1) is 45.3. The zero-order valence-corrected chi connectivity index (χ0v) is 52.6. The maximum Gasteiger partial charge on any atom is 0.395 e. The van der Waals surface area contributed by atoms with Crippen LogP contribution in [-0.4, -0.2) is 79.3 Å². The minimum Gasteiger partial charge on any atom is -0.507 e. The normalized spacial score (nSPS) is 11.5. The van der Waals surface area contributed by atoms with Gasteiger partial charge in [0.1, 0.15) is 40.5 Å². The van der Waals surface area contributed by atoms with Crippen molar-refractivity contribution in [2.24, 2.45) is 0 Å². The van der Waals surface area contributed by atoms with Crippen LogP contribution in [0.1, 0.15) is 82.8 Å². The number of alkyl halides is 2. The van der Waals surface area contributed by atoms with Gasteiger partial charge in [-0.1, -0.05) is 105 Å². The van der Waals surface area contributed by atoms with Gasteiger partial charge in [-0.2, -0.15) is 8.78 Å². The lowest BCUT2D eigenvalue weighted by Crippen LogP contribution is -2.24. The number of halogens is 2. The second-order valence-corrected chi connectivity index (χ2v) is 21.6. The topological polar surface area (TPSA) is 232 Å². The Hall–Kier alpha value is -11.9. The molecule has 0 saturated heterocycles. The van der Waals surface area contributed by atoms with Gasteiger partial charge in [-0.05, 0) is 140 Å². The van der Waals surface area contributed by atoms with Crippen LogP contribution in [0.3, 0.4) is 0 Å². The molecule has 12 aromatic rings. The highest BCUT2D eigenvalue weighted by atomic mass is 19.3. The zero-order chi connectivity index (χ0) is 66.8. The number of hydrogen-bond donors (Lipinski definition) is 3. The number of hydrogen-bond acceptors (Lipinski definition) is 15. The maximum atomic E-state index is 13.5. The number of benzene rings is 6. The lowest BCUT2D eigenvalue weighted by molar-refractivity contribution is -0.159. The molecule has 0 aliphatic carbocycles. The van der Waals surface area contributed by atoms with Crippen LogP contribution in [0.25, 0.3) is 86.2 Å². The monoisotopic (exact) mass is 1260 g/mol. The smallest absolute Gasteiger partial charge is 0.395 e. The van der Waals surface area contributed by atoms with Crippen LogP contribution in [0.5, 0.6) is 34.5 Å². The fourth-order valence-electron chi connectivity index (χ4n) is 10.7. The van der Waals surface area contributed by atoms with E-state index >= 15 is 0 Å². The first-order valence-corrected chi connectivity index (χ1v) is 29.8. The Morgan fingerprint density at radius 3 is 1.28 bits per heavy atom. The van der Waals surface area contributed by atoms with E-state index in [1.165, 1.54) is 45.8 Å². The highest BCUT2D eigenvalue weighted by molar-refractivity contribution is 5.83. The van der Waals surface area contributed by atoms with Gasteiger partial charge in [-0.25, -0.2) is 15.0 Å². The van der Waals surface area contributed by atoms with Crippen molar-refractivity contribution in [2.45, 2.75) is 60.5 Å². The average Bonchev–Trinajstić information content (AvgIpc) is 0.784. The van der Waals surface area contributed by atoms with E-state index in [2.05, 4.69) is 29.7 Å². The first kappa shape index (κ1) is 65.0. The number of methoxy groups -OCH3 is 2. The average molecular weight is 1260 g/mol. The summed E-state index contributed by atoms with van der Waals surface area (Å²) in [6.07, 6.45) is 17.3. The zero-order valence-electron chi connectivity index (χ0n) is 52.6. The van der Waals surface area contributed by atoms with Crippen LogP contribution in [0.15, 0.2) is 185 Å². The van der Waals surface area contributed by atoms with E-state index in [-0.39, 0.29) is 39.5 Å². The number of para-hydroxylation sites is 7. The quantitative estimate of drug-likeness (QED) is 0.0866. The molecule has 6 aromatic carbocycles. The molecule has 0 saturated carbocycles. The van der Waals surface area contributed by atoms with Gasteiger partial charge in [0.2, 0.25) is 0 Å². The summed E-state index contributed by atoms with van der Waals surface area (Å²) in [5.74, 6) is 1.90.